The Kier molecular flexibility index (Phi) is 5.39. The number of hydrogen-bond acceptors (Lipinski definition) is 2. The highest BCUT2D eigenvalue weighted by molar-refractivity contribution is 6.30. The Morgan fingerprint density at radius 1 is 1.32 bits per heavy atom. The lowest BCUT2D eigenvalue weighted by Gasteiger charge is -2.33. The largest absolute Gasteiger partial charge is 0.378 e. The van der Waals surface area contributed by atoms with Crippen LogP contribution in [0.25, 0.3) is 0 Å². The fraction of sp³-hybridized carbons (Fsp3) is 0.316. The molecule has 1 saturated carbocycles. The molecule has 4 nitrogen and oxygen atoms in total. The van der Waals surface area contributed by atoms with E-state index in [0.29, 0.717) is 28.7 Å². The lowest BCUT2D eigenvalue weighted by atomic mass is 9.82. The molecule has 1 aromatic heterocycles. The second-order valence-electron chi connectivity index (χ2n) is 6.28. The maximum absolute atomic E-state index is 12.2. The molecule has 1 aromatic carbocycles. The van der Waals surface area contributed by atoms with Gasteiger partial charge in [-0.05, 0) is 49.6 Å². The second kappa shape index (κ2) is 7.53. The van der Waals surface area contributed by atoms with Gasteiger partial charge in [0.15, 0.2) is 0 Å². The zero-order chi connectivity index (χ0) is 17.9. The predicted octanol–water partition coefficient (Wildman–Crippen LogP) is 3.78. The van der Waals surface area contributed by atoms with Crippen LogP contribution >= 0.6 is 23.2 Å². The number of hydrogen-bond donors (Lipinski definition) is 3. The van der Waals surface area contributed by atoms with Crippen LogP contribution in [0.4, 0.5) is 0 Å². The van der Waals surface area contributed by atoms with Crippen LogP contribution in [0.2, 0.25) is 10.2 Å². The van der Waals surface area contributed by atoms with Crippen molar-refractivity contribution in [2.45, 2.75) is 37.3 Å². The molecule has 6 heteroatoms. The molecular formula is C19H18Cl2N2O2. The number of H-pyrrole nitrogens is 1. The summed E-state index contributed by atoms with van der Waals surface area (Å²) < 4.78 is 0. The van der Waals surface area contributed by atoms with Gasteiger partial charge < -0.3 is 15.4 Å². The second-order valence-corrected chi connectivity index (χ2v) is 7.12. The van der Waals surface area contributed by atoms with E-state index in [9.17, 15) is 9.90 Å². The number of rotatable bonds is 2. The Labute approximate surface area is 156 Å². The van der Waals surface area contributed by atoms with Crippen LogP contribution in [-0.2, 0) is 0 Å². The Morgan fingerprint density at radius 3 is 2.88 bits per heavy atom. The summed E-state index contributed by atoms with van der Waals surface area (Å²) in [6.45, 7) is 0. The predicted molar refractivity (Wildman–Crippen MR) is 98.8 cm³/mol. The molecule has 25 heavy (non-hydrogen) atoms. The molecule has 0 aliphatic heterocycles. The molecular weight excluding hydrogens is 359 g/mol. The molecule has 1 fully saturated rings. The van der Waals surface area contributed by atoms with Gasteiger partial charge in [-0.25, -0.2) is 0 Å². The summed E-state index contributed by atoms with van der Waals surface area (Å²) in [5, 5.41) is 14.7. The lowest BCUT2D eigenvalue weighted by Crippen LogP contribution is -2.45. The number of amides is 1. The summed E-state index contributed by atoms with van der Waals surface area (Å²) in [7, 11) is 0. The van der Waals surface area contributed by atoms with Crippen LogP contribution in [0.1, 0.15) is 41.7 Å². The molecule has 1 heterocycles. The number of carbonyl (C=O) groups excluding carboxylic acids is 1. The van der Waals surface area contributed by atoms with Crippen molar-refractivity contribution in [3.05, 3.63) is 57.8 Å². The van der Waals surface area contributed by atoms with Crippen LogP contribution in [-0.4, -0.2) is 27.6 Å². The van der Waals surface area contributed by atoms with Gasteiger partial charge in [0, 0.05) is 23.0 Å². The molecule has 0 saturated heterocycles. The fourth-order valence-corrected chi connectivity index (χ4v) is 3.36. The number of benzene rings is 1. The van der Waals surface area contributed by atoms with Crippen molar-refractivity contribution in [2.24, 2.45) is 0 Å². The van der Waals surface area contributed by atoms with Crippen molar-refractivity contribution >= 4 is 29.1 Å². The first-order chi connectivity index (χ1) is 11.9. The van der Waals surface area contributed by atoms with Gasteiger partial charge in [-0.15, -0.1) is 0 Å². The minimum atomic E-state index is -1.12. The summed E-state index contributed by atoms with van der Waals surface area (Å²) in [4.78, 5) is 15.0. The van der Waals surface area contributed by atoms with E-state index in [4.69, 9.17) is 23.2 Å². The van der Waals surface area contributed by atoms with Gasteiger partial charge >= 0.3 is 0 Å². The highest BCUT2D eigenvalue weighted by Crippen LogP contribution is 2.28. The fourth-order valence-electron chi connectivity index (χ4n) is 3.01. The minimum Gasteiger partial charge on any atom is -0.378 e. The highest BCUT2D eigenvalue weighted by Gasteiger charge is 2.33. The molecule has 0 radical (unpaired) electrons. The maximum atomic E-state index is 12.2. The van der Waals surface area contributed by atoms with E-state index in [1.54, 1.807) is 24.3 Å². The zero-order valence-corrected chi connectivity index (χ0v) is 15.0. The monoisotopic (exact) mass is 376 g/mol. The standard InChI is InChI=1S/C19H18Cl2N2O2/c20-14-4-1-3-13(11-14)8-10-19(25)9-2-5-15(12-19)22-18(24)16-6-7-17(21)23-16/h1,3-4,6-7,11,15,23,25H,2,5,9,12H2,(H,22,24)/t15-,19+/m0/s1. The van der Waals surface area contributed by atoms with Crippen molar-refractivity contribution < 1.29 is 9.90 Å². The Hall–Kier alpha value is -1.93. The summed E-state index contributed by atoms with van der Waals surface area (Å²) in [5.74, 6) is 5.71. The van der Waals surface area contributed by atoms with Crippen molar-refractivity contribution in [3.63, 3.8) is 0 Å². The van der Waals surface area contributed by atoms with Crippen molar-refractivity contribution in [2.75, 3.05) is 0 Å². The van der Waals surface area contributed by atoms with E-state index >= 15 is 0 Å². The van der Waals surface area contributed by atoms with Crippen molar-refractivity contribution in [3.8, 4) is 11.8 Å². The van der Waals surface area contributed by atoms with Gasteiger partial charge in [0.05, 0.1) is 0 Å². The quantitative estimate of drug-likeness (QED) is 0.698. The first-order valence-electron chi connectivity index (χ1n) is 8.10. The molecule has 1 aliphatic rings. The van der Waals surface area contributed by atoms with Gasteiger partial charge in [-0.2, -0.15) is 0 Å². The summed E-state index contributed by atoms with van der Waals surface area (Å²) >= 11 is 11.8. The third kappa shape index (κ3) is 4.79. The molecule has 2 aromatic rings. The molecule has 3 rings (SSSR count). The smallest absolute Gasteiger partial charge is 0.267 e. The third-order valence-corrected chi connectivity index (χ3v) is 4.68. The first kappa shape index (κ1) is 17.9. The summed E-state index contributed by atoms with van der Waals surface area (Å²) in [6.07, 6.45) is 2.57. The zero-order valence-electron chi connectivity index (χ0n) is 13.5. The van der Waals surface area contributed by atoms with E-state index < -0.39 is 5.60 Å². The van der Waals surface area contributed by atoms with E-state index in [2.05, 4.69) is 22.1 Å². The number of carbonyl (C=O) groups is 1. The molecule has 130 valence electrons. The van der Waals surface area contributed by atoms with E-state index in [1.807, 2.05) is 12.1 Å². The van der Waals surface area contributed by atoms with Crippen molar-refractivity contribution in [1.29, 1.82) is 0 Å². The molecule has 3 N–H and O–H groups in total. The van der Waals surface area contributed by atoms with Crippen LogP contribution in [0, 0.1) is 11.8 Å². The SMILES string of the molecule is O=C(N[C@H]1CCC[C@@](O)(C#Cc2cccc(Cl)c2)C1)c1ccc(Cl)[nH]1. The van der Waals surface area contributed by atoms with Crippen LogP contribution in [0.15, 0.2) is 36.4 Å². The lowest BCUT2D eigenvalue weighted by molar-refractivity contribution is 0.0451. The molecule has 0 unspecified atom stereocenters. The van der Waals surface area contributed by atoms with Crippen LogP contribution in [0.5, 0.6) is 0 Å². The van der Waals surface area contributed by atoms with E-state index in [0.717, 1.165) is 18.4 Å². The number of aliphatic hydroxyl groups is 1. The van der Waals surface area contributed by atoms with Gasteiger partial charge in [0.25, 0.3) is 5.91 Å². The number of nitrogens with one attached hydrogen (secondary N) is 2. The Bertz CT molecular complexity index is 837. The number of aromatic nitrogens is 1. The Morgan fingerprint density at radius 2 is 2.16 bits per heavy atom. The van der Waals surface area contributed by atoms with Gasteiger partial charge in [0.2, 0.25) is 0 Å². The molecule has 1 amide bonds. The molecule has 0 bridgehead atoms. The number of aromatic amines is 1. The van der Waals surface area contributed by atoms with E-state index in [1.165, 1.54) is 0 Å². The summed E-state index contributed by atoms with van der Waals surface area (Å²) in [6, 6.07) is 10.3. The van der Waals surface area contributed by atoms with Gasteiger partial charge in [-0.3, -0.25) is 4.79 Å². The topological polar surface area (TPSA) is 65.1 Å². The van der Waals surface area contributed by atoms with Gasteiger partial charge in [0.1, 0.15) is 16.4 Å². The highest BCUT2D eigenvalue weighted by atomic mass is 35.5. The maximum Gasteiger partial charge on any atom is 0.267 e. The van der Waals surface area contributed by atoms with Crippen LogP contribution < -0.4 is 5.32 Å². The normalized spacial score (nSPS) is 22.8. The first-order valence-corrected chi connectivity index (χ1v) is 8.86. The molecule has 2 atom stereocenters. The number of halogens is 2. The summed E-state index contributed by atoms with van der Waals surface area (Å²) in [5.41, 5.74) is 0.0450. The minimum absolute atomic E-state index is 0.137. The van der Waals surface area contributed by atoms with Crippen LogP contribution in [0.3, 0.4) is 0 Å². The molecule has 1 aliphatic carbocycles. The van der Waals surface area contributed by atoms with Crippen molar-refractivity contribution in [1.82, 2.24) is 10.3 Å². The molecule has 0 spiro atoms. The van der Waals surface area contributed by atoms with Gasteiger partial charge in [-0.1, -0.05) is 41.1 Å². The average Bonchev–Trinajstić information content (AvgIpc) is 3.00. The Balaban J connectivity index is 1.67. The van der Waals surface area contributed by atoms with E-state index in [-0.39, 0.29) is 11.9 Å². The third-order valence-electron chi connectivity index (χ3n) is 4.22. The average molecular weight is 377 g/mol.